The Morgan fingerprint density at radius 1 is 1.59 bits per heavy atom. The molecule has 1 heterocycles. The Morgan fingerprint density at radius 3 is 2.76 bits per heavy atom. The molecule has 1 N–H and O–H groups in total. The van der Waals surface area contributed by atoms with Crippen molar-refractivity contribution < 1.29 is 9.90 Å². The second kappa shape index (κ2) is 5.79. The van der Waals surface area contributed by atoms with Crippen molar-refractivity contribution in [2.75, 3.05) is 0 Å². The molecule has 5 nitrogen and oxygen atoms in total. The van der Waals surface area contributed by atoms with Crippen molar-refractivity contribution in [1.29, 1.82) is 0 Å². The Balaban J connectivity index is 3.19. The molecule has 0 amide bonds. The van der Waals surface area contributed by atoms with E-state index >= 15 is 0 Å². The molecule has 1 aromatic rings. The van der Waals surface area contributed by atoms with Gasteiger partial charge in [0.15, 0.2) is 6.29 Å². The molecule has 1 aromatic heterocycles. The summed E-state index contributed by atoms with van der Waals surface area (Å²) >= 11 is 0. The zero-order valence-electron chi connectivity index (χ0n) is 9.87. The molecule has 0 atom stereocenters. The summed E-state index contributed by atoms with van der Waals surface area (Å²) in [6, 6.07) is 0. The highest BCUT2D eigenvalue weighted by Gasteiger charge is 2.09. The zero-order chi connectivity index (χ0) is 12.8. The summed E-state index contributed by atoms with van der Waals surface area (Å²) in [5.41, 5.74) is 0.473. The van der Waals surface area contributed by atoms with E-state index in [-0.39, 0.29) is 17.5 Å². The van der Waals surface area contributed by atoms with Crippen LogP contribution in [0, 0.1) is 5.92 Å². The standard InChI is InChI=1S/C12H15N3O2/c1-4-5-11(17)10(6-9(2)3)15-8-13-12(7-16)14-15/h4-9,17H,1H2,2-3H3/b10-6+,11-5+. The van der Waals surface area contributed by atoms with Crippen LogP contribution in [0.25, 0.3) is 5.70 Å². The number of carbonyl (C=O) groups excluding carboxylic acids is 1. The highest BCUT2D eigenvalue weighted by molar-refractivity contribution is 5.69. The van der Waals surface area contributed by atoms with Crippen molar-refractivity contribution in [3.63, 3.8) is 0 Å². The first-order chi connectivity index (χ1) is 8.08. The van der Waals surface area contributed by atoms with Crippen LogP contribution in [0.1, 0.15) is 24.5 Å². The van der Waals surface area contributed by atoms with E-state index in [1.54, 1.807) is 0 Å². The van der Waals surface area contributed by atoms with Crippen molar-refractivity contribution in [1.82, 2.24) is 14.8 Å². The number of hydrogen-bond acceptors (Lipinski definition) is 4. The van der Waals surface area contributed by atoms with Gasteiger partial charge in [-0.3, -0.25) is 4.79 Å². The molecule has 1 rings (SSSR count). The number of carbonyl (C=O) groups is 1. The molecule has 0 unspecified atom stereocenters. The van der Waals surface area contributed by atoms with E-state index in [0.717, 1.165) is 0 Å². The largest absolute Gasteiger partial charge is 0.506 e. The van der Waals surface area contributed by atoms with Crippen LogP contribution in [0.15, 0.2) is 36.9 Å². The lowest BCUT2D eigenvalue weighted by molar-refractivity contribution is 0.111. The van der Waals surface area contributed by atoms with Gasteiger partial charge < -0.3 is 5.11 Å². The highest BCUT2D eigenvalue weighted by Crippen LogP contribution is 2.15. The van der Waals surface area contributed by atoms with Crippen molar-refractivity contribution in [3.05, 3.63) is 42.7 Å². The predicted molar refractivity (Wildman–Crippen MR) is 65.4 cm³/mol. The molecule has 0 aliphatic rings. The molecule has 0 fully saturated rings. The fraction of sp³-hybridized carbons (Fsp3) is 0.250. The minimum atomic E-state index is 0.0241. The summed E-state index contributed by atoms with van der Waals surface area (Å²) < 4.78 is 1.36. The van der Waals surface area contributed by atoms with Crippen molar-refractivity contribution in [3.8, 4) is 0 Å². The fourth-order valence-corrected chi connectivity index (χ4v) is 1.24. The summed E-state index contributed by atoms with van der Waals surface area (Å²) in [6.45, 7) is 7.45. The van der Waals surface area contributed by atoms with E-state index < -0.39 is 0 Å². The molecule has 0 bridgehead atoms. The van der Waals surface area contributed by atoms with Gasteiger partial charge in [-0.05, 0) is 12.0 Å². The number of aliphatic hydroxyl groups excluding tert-OH is 1. The zero-order valence-corrected chi connectivity index (χ0v) is 9.87. The third-order valence-corrected chi connectivity index (χ3v) is 1.89. The van der Waals surface area contributed by atoms with Gasteiger partial charge in [-0.15, -0.1) is 5.10 Å². The molecule has 0 aromatic carbocycles. The molecule has 90 valence electrons. The lowest BCUT2D eigenvalue weighted by Gasteiger charge is -2.07. The quantitative estimate of drug-likeness (QED) is 0.481. The van der Waals surface area contributed by atoms with Gasteiger partial charge in [-0.25, -0.2) is 9.67 Å². The van der Waals surface area contributed by atoms with Crippen LogP contribution in [-0.2, 0) is 0 Å². The lowest BCUT2D eigenvalue weighted by Crippen LogP contribution is -2.03. The maximum atomic E-state index is 10.5. The van der Waals surface area contributed by atoms with Crippen LogP contribution < -0.4 is 0 Å². The van der Waals surface area contributed by atoms with Gasteiger partial charge in [0.25, 0.3) is 0 Å². The van der Waals surface area contributed by atoms with Gasteiger partial charge in [0.05, 0.1) is 0 Å². The second-order valence-electron chi connectivity index (χ2n) is 3.75. The Bertz CT molecular complexity index is 470. The minimum absolute atomic E-state index is 0.0241. The summed E-state index contributed by atoms with van der Waals surface area (Å²) in [5.74, 6) is 0.316. The molecule has 0 spiro atoms. The summed E-state index contributed by atoms with van der Waals surface area (Å²) in [4.78, 5) is 14.3. The molecule has 5 heteroatoms. The number of allylic oxidation sites excluding steroid dienone is 4. The normalized spacial score (nSPS) is 12.9. The van der Waals surface area contributed by atoms with E-state index in [4.69, 9.17) is 0 Å². The number of aromatic nitrogens is 3. The van der Waals surface area contributed by atoms with Gasteiger partial charge in [0.2, 0.25) is 5.82 Å². The predicted octanol–water partition coefficient (Wildman–Crippen LogP) is 2.22. The topological polar surface area (TPSA) is 68.0 Å². The van der Waals surface area contributed by atoms with Crippen LogP contribution in [0.4, 0.5) is 0 Å². The van der Waals surface area contributed by atoms with Crippen molar-refractivity contribution in [2.45, 2.75) is 13.8 Å². The van der Waals surface area contributed by atoms with Crippen LogP contribution in [0.2, 0.25) is 0 Å². The SMILES string of the molecule is C=C/C=C(O)\C(=C/C(C)C)n1cnc(C=O)n1. The van der Waals surface area contributed by atoms with Crippen molar-refractivity contribution >= 4 is 12.0 Å². The Hall–Kier alpha value is -2.17. The maximum Gasteiger partial charge on any atom is 0.214 e. The summed E-state index contributed by atoms with van der Waals surface area (Å²) in [5, 5.41) is 13.8. The molecule has 0 aliphatic heterocycles. The number of hydrogen-bond donors (Lipinski definition) is 1. The minimum Gasteiger partial charge on any atom is -0.506 e. The molecule has 17 heavy (non-hydrogen) atoms. The Labute approximate surface area is 99.8 Å². The molecule has 0 saturated heterocycles. The number of aldehydes is 1. The smallest absolute Gasteiger partial charge is 0.214 e. The summed E-state index contributed by atoms with van der Waals surface area (Å²) in [7, 11) is 0. The fourth-order valence-electron chi connectivity index (χ4n) is 1.24. The first kappa shape index (κ1) is 12.9. The van der Waals surface area contributed by atoms with E-state index in [1.807, 2.05) is 19.9 Å². The van der Waals surface area contributed by atoms with E-state index in [9.17, 15) is 9.90 Å². The molecule has 0 radical (unpaired) electrons. The van der Waals surface area contributed by atoms with Gasteiger partial charge in [-0.1, -0.05) is 32.6 Å². The van der Waals surface area contributed by atoms with Crippen molar-refractivity contribution in [2.24, 2.45) is 5.92 Å². The number of rotatable bonds is 5. The Kier molecular flexibility index (Phi) is 4.39. The van der Waals surface area contributed by atoms with E-state index in [2.05, 4.69) is 16.7 Å². The first-order valence-corrected chi connectivity index (χ1v) is 5.19. The molecular weight excluding hydrogens is 218 g/mol. The van der Waals surface area contributed by atoms with Gasteiger partial charge in [-0.2, -0.15) is 0 Å². The second-order valence-corrected chi connectivity index (χ2v) is 3.75. The third-order valence-electron chi connectivity index (χ3n) is 1.89. The average Bonchev–Trinajstić information content (AvgIpc) is 2.74. The van der Waals surface area contributed by atoms with Crippen LogP contribution in [0.3, 0.4) is 0 Å². The third kappa shape index (κ3) is 3.41. The van der Waals surface area contributed by atoms with Gasteiger partial charge in [0.1, 0.15) is 17.8 Å². The average molecular weight is 233 g/mol. The van der Waals surface area contributed by atoms with E-state index in [0.29, 0.717) is 12.0 Å². The van der Waals surface area contributed by atoms with Gasteiger partial charge >= 0.3 is 0 Å². The van der Waals surface area contributed by atoms with Crippen LogP contribution >= 0.6 is 0 Å². The number of aliphatic hydroxyl groups is 1. The maximum absolute atomic E-state index is 10.5. The molecular formula is C12H15N3O2. The van der Waals surface area contributed by atoms with Crippen LogP contribution in [0.5, 0.6) is 0 Å². The Morgan fingerprint density at radius 2 is 2.29 bits per heavy atom. The first-order valence-electron chi connectivity index (χ1n) is 5.19. The lowest BCUT2D eigenvalue weighted by atomic mass is 10.1. The molecule has 0 saturated carbocycles. The van der Waals surface area contributed by atoms with E-state index in [1.165, 1.54) is 23.2 Å². The van der Waals surface area contributed by atoms with Gasteiger partial charge in [0, 0.05) is 0 Å². The monoisotopic (exact) mass is 233 g/mol. The number of nitrogens with zero attached hydrogens (tertiary/aromatic N) is 3. The molecule has 0 aliphatic carbocycles. The van der Waals surface area contributed by atoms with Crippen LogP contribution in [-0.4, -0.2) is 26.2 Å². The highest BCUT2D eigenvalue weighted by atomic mass is 16.3. The summed E-state index contributed by atoms with van der Waals surface area (Å²) in [6.07, 6.45) is 6.68.